The summed E-state index contributed by atoms with van der Waals surface area (Å²) >= 11 is 1.47. The number of rotatable bonds is 9. The van der Waals surface area contributed by atoms with Gasteiger partial charge in [-0.3, -0.25) is 9.69 Å². The Hall–Kier alpha value is -3.19. The second-order valence-corrected chi connectivity index (χ2v) is 10.7. The average Bonchev–Trinajstić information content (AvgIpc) is 3.30. The third-order valence-corrected chi connectivity index (χ3v) is 7.16. The molecule has 1 aromatic carbocycles. The Kier molecular flexibility index (Phi) is 9.11. The summed E-state index contributed by atoms with van der Waals surface area (Å²) in [6.45, 7) is 4.33. The van der Waals surface area contributed by atoms with Gasteiger partial charge in [0.1, 0.15) is 29.1 Å². The first-order valence-corrected chi connectivity index (χ1v) is 13.2. The molecule has 1 saturated heterocycles. The van der Waals surface area contributed by atoms with Gasteiger partial charge in [-0.05, 0) is 44.9 Å². The van der Waals surface area contributed by atoms with E-state index in [2.05, 4.69) is 20.3 Å². The molecule has 1 aliphatic heterocycles. The minimum Gasteiger partial charge on any atom is -0.490 e. The highest BCUT2D eigenvalue weighted by Gasteiger charge is 2.29. The summed E-state index contributed by atoms with van der Waals surface area (Å²) in [5.74, 6) is -0.308. The Morgan fingerprint density at radius 1 is 1.13 bits per heavy atom. The van der Waals surface area contributed by atoms with Gasteiger partial charge in [0.05, 0.1) is 12.6 Å². The van der Waals surface area contributed by atoms with E-state index in [1.54, 1.807) is 36.2 Å². The van der Waals surface area contributed by atoms with Crippen LogP contribution in [0.25, 0.3) is 10.6 Å². The third-order valence-electron chi connectivity index (χ3n) is 6.20. The number of alkyl halides is 5. The zero-order valence-electron chi connectivity index (χ0n) is 21.3. The Balaban J connectivity index is 1.49. The van der Waals surface area contributed by atoms with Gasteiger partial charge in [0.2, 0.25) is 0 Å². The number of carbonyl (C=O) groups is 1. The molecule has 4 rings (SSSR count). The van der Waals surface area contributed by atoms with E-state index < -0.39 is 31.0 Å². The number of nitrogens with one attached hydrogen (secondary N) is 1. The number of ether oxygens (including phenoxy) is 1. The molecule has 39 heavy (non-hydrogen) atoms. The maximum Gasteiger partial charge on any atom is 0.396 e. The van der Waals surface area contributed by atoms with Crippen molar-refractivity contribution in [1.82, 2.24) is 25.2 Å². The van der Waals surface area contributed by atoms with Crippen molar-refractivity contribution < 1.29 is 31.5 Å². The van der Waals surface area contributed by atoms with E-state index in [0.29, 0.717) is 53.4 Å². The van der Waals surface area contributed by atoms with E-state index >= 15 is 0 Å². The maximum absolute atomic E-state index is 13.2. The smallest absolute Gasteiger partial charge is 0.396 e. The minimum absolute atomic E-state index is 0.186. The predicted octanol–water partition coefficient (Wildman–Crippen LogP) is 5.61. The van der Waals surface area contributed by atoms with Crippen LogP contribution in [0.4, 0.5) is 22.0 Å². The van der Waals surface area contributed by atoms with E-state index in [0.717, 1.165) is 4.88 Å². The van der Waals surface area contributed by atoms with E-state index in [4.69, 9.17) is 4.74 Å². The van der Waals surface area contributed by atoms with Crippen LogP contribution in [0.5, 0.6) is 5.75 Å². The van der Waals surface area contributed by atoms with Crippen LogP contribution in [-0.4, -0.2) is 64.1 Å². The van der Waals surface area contributed by atoms with Crippen LogP contribution in [-0.2, 0) is 6.42 Å². The summed E-state index contributed by atoms with van der Waals surface area (Å²) in [5.41, 5.74) is 1.46. The van der Waals surface area contributed by atoms with Gasteiger partial charge in [-0.1, -0.05) is 0 Å². The Morgan fingerprint density at radius 3 is 2.41 bits per heavy atom. The predicted molar refractivity (Wildman–Crippen MR) is 136 cm³/mol. The van der Waals surface area contributed by atoms with Crippen LogP contribution in [0.3, 0.4) is 0 Å². The van der Waals surface area contributed by atoms with Crippen LogP contribution in [0.2, 0.25) is 0 Å². The number of benzene rings is 1. The number of piperidine rings is 1. The SMILES string of the molecule is Cc1cnc(-c2cc(OC3CCN(CC(F)F)CC3)cc(C(=O)N[C@H](C)c3cnc(CC(F)(F)F)nc3)c2)s1. The van der Waals surface area contributed by atoms with Crippen LogP contribution >= 0.6 is 11.3 Å². The highest BCUT2D eigenvalue weighted by molar-refractivity contribution is 7.14. The molecule has 13 heteroatoms. The van der Waals surface area contributed by atoms with Crippen molar-refractivity contribution in [2.24, 2.45) is 0 Å². The fraction of sp³-hybridized carbons (Fsp3) is 0.462. The number of hydrogen-bond acceptors (Lipinski definition) is 7. The molecule has 0 aliphatic carbocycles. The van der Waals surface area contributed by atoms with E-state index in [9.17, 15) is 26.7 Å². The number of aryl methyl sites for hydroxylation is 1. The van der Waals surface area contributed by atoms with Gasteiger partial charge in [-0.25, -0.2) is 23.7 Å². The number of halogens is 5. The topological polar surface area (TPSA) is 80.2 Å². The molecule has 1 fully saturated rings. The fourth-order valence-corrected chi connectivity index (χ4v) is 4.98. The first-order chi connectivity index (χ1) is 18.4. The second-order valence-electron chi connectivity index (χ2n) is 9.45. The van der Waals surface area contributed by atoms with Crippen molar-refractivity contribution in [3.63, 3.8) is 0 Å². The lowest BCUT2D eigenvalue weighted by Crippen LogP contribution is -2.40. The quantitative estimate of drug-likeness (QED) is 0.338. The number of amides is 1. The Bertz CT molecular complexity index is 1260. The summed E-state index contributed by atoms with van der Waals surface area (Å²) in [4.78, 5) is 27.9. The lowest BCUT2D eigenvalue weighted by Gasteiger charge is -2.32. The lowest BCUT2D eigenvalue weighted by atomic mass is 10.1. The average molecular weight is 570 g/mol. The largest absolute Gasteiger partial charge is 0.490 e. The molecule has 1 amide bonds. The fourth-order valence-electron chi connectivity index (χ4n) is 4.23. The summed E-state index contributed by atoms with van der Waals surface area (Å²) in [7, 11) is 0. The van der Waals surface area contributed by atoms with Gasteiger partial charge in [0, 0.05) is 53.2 Å². The van der Waals surface area contributed by atoms with Gasteiger partial charge < -0.3 is 10.1 Å². The standard InChI is InChI=1S/C26H28F5N5O2S/c1-15-11-34-25(39-15)18-7-17(8-21(9-18)38-20-3-5-36(6-4-20)14-22(27)28)24(37)35-16(2)19-12-32-23(33-13-19)10-26(29,30)31/h7-9,11-13,16,20,22H,3-6,10,14H2,1-2H3,(H,35,37)/t16-/m1/s1. The minimum atomic E-state index is -4.41. The summed E-state index contributed by atoms with van der Waals surface area (Å²) in [6.07, 6.45) is -2.78. The van der Waals surface area contributed by atoms with Gasteiger partial charge in [0.15, 0.2) is 0 Å². The van der Waals surface area contributed by atoms with Gasteiger partial charge in [-0.15, -0.1) is 11.3 Å². The monoisotopic (exact) mass is 569 g/mol. The summed E-state index contributed by atoms with van der Waals surface area (Å²) in [5, 5.41) is 3.54. The number of hydrogen-bond donors (Lipinski definition) is 1. The molecule has 7 nitrogen and oxygen atoms in total. The third kappa shape index (κ3) is 8.40. The molecule has 1 atom stereocenters. The van der Waals surface area contributed by atoms with Crippen molar-refractivity contribution in [2.75, 3.05) is 19.6 Å². The van der Waals surface area contributed by atoms with Crippen molar-refractivity contribution in [1.29, 1.82) is 0 Å². The summed E-state index contributed by atoms with van der Waals surface area (Å²) < 4.78 is 69.3. The maximum atomic E-state index is 13.2. The Morgan fingerprint density at radius 2 is 1.82 bits per heavy atom. The highest BCUT2D eigenvalue weighted by Crippen LogP contribution is 2.31. The summed E-state index contributed by atoms with van der Waals surface area (Å²) in [6, 6.07) is 4.53. The lowest BCUT2D eigenvalue weighted by molar-refractivity contribution is -0.128. The first-order valence-electron chi connectivity index (χ1n) is 12.4. The molecule has 1 aliphatic rings. The van der Waals surface area contributed by atoms with Crippen molar-refractivity contribution in [3.8, 4) is 16.3 Å². The van der Waals surface area contributed by atoms with Crippen LogP contribution < -0.4 is 10.1 Å². The first kappa shape index (κ1) is 28.8. The second kappa shape index (κ2) is 12.3. The highest BCUT2D eigenvalue weighted by atomic mass is 32.1. The van der Waals surface area contributed by atoms with Crippen molar-refractivity contribution in [2.45, 2.75) is 57.9 Å². The molecule has 0 radical (unpaired) electrons. The van der Waals surface area contributed by atoms with E-state index in [-0.39, 0.29) is 18.5 Å². The molecule has 0 unspecified atom stereocenters. The number of aromatic nitrogens is 3. The van der Waals surface area contributed by atoms with Gasteiger partial charge >= 0.3 is 6.18 Å². The molecule has 2 aromatic heterocycles. The van der Waals surface area contributed by atoms with Crippen molar-refractivity contribution >= 4 is 17.2 Å². The molecule has 3 aromatic rings. The van der Waals surface area contributed by atoms with Gasteiger partial charge in [-0.2, -0.15) is 13.2 Å². The number of nitrogens with zero attached hydrogens (tertiary/aromatic N) is 4. The Labute approximate surface area is 226 Å². The van der Waals surface area contributed by atoms with Crippen LogP contribution in [0.1, 0.15) is 52.4 Å². The number of thiazole rings is 1. The molecule has 0 spiro atoms. The van der Waals surface area contributed by atoms with Crippen LogP contribution in [0, 0.1) is 6.92 Å². The normalized spacial score (nSPS) is 15.9. The zero-order chi connectivity index (χ0) is 28.2. The van der Waals surface area contributed by atoms with Gasteiger partial charge in [0.25, 0.3) is 12.3 Å². The van der Waals surface area contributed by atoms with Crippen LogP contribution in [0.15, 0.2) is 36.8 Å². The molecule has 210 valence electrons. The van der Waals surface area contributed by atoms with E-state index in [1.165, 1.54) is 23.7 Å². The number of likely N-dealkylation sites (tertiary alicyclic amines) is 1. The molecular formula is C26H28F5N5O2S. The molecule has 0 bridgehead atoms. The number of carbonyl (C=O) groups excluding carboxylic acids is 1. The molecule has 3 heterocycles. The van der Waals surface area contributed by atoms with Crippen molar-refractivity contribution in [3.05, 3.63) is 58.6 Å². The van der Waals surface area contributed by atoms with E-state index in [1.807, 2.05) is 6.92 Å². The zero-order valence-corrected chi connectivity index (χ0v) is 22.2. The molecule has 0 saturated carbocycles. The molecule has 1 N–H and O–H groups in total. The molecular weight excluding hydrogens is 541 g/mol.